The zero-order valence-corrected chi connectivity index (χ0v) is 11.8. The van der Waals surface area contributed by atoms with Gasteiger partial charge in [0.25, 0.3) is 0 Å². The number of aliphatic carboxylic acids is 1. The van der Waals surface area contributed by atoms with Crippen molar-refractivity contribution in [3.63, 3.8) is 0 Å². The fraction of sp³-hybridized carbons (Fsp3) is 0.533. The Morgan fingerprint density at radius 3 is 2.42 bits per heavy atom. The second kappa shape index (κ2) is 7.92. The van der Waals surface area contributed by atoms with E-state index >= 15 is 0 Å². The van der Waals surface area contributed by atoms with Crippen LogP contribution < -0.4 is 0 Å². The third-order valence-corrected chi connectivity index (χ3v) is 2.94. The maximum absolute atomic E-state index is 10.9. The van der Waals surface area contributed by atoms with Gasteiger partial charge in [-0.1, -0.05) is 24.3 Å². The topological polar surface area (TPSA) is 55.8 Å². The summed E-state index contributed by atoms with van der Waals surface area (Å²) in [6.07, 6.45) is 0.0533. The van der Waals surface area contributed by atoms with E-state index in [1.54, 1.807) is 6.92 Å². The Morgan fingerprint density at radius 2 is 1.89 bits per heavy atom. The van der Waals surface area contributed by atoms with Crippen molar-refractivity contribution in [3.05, 3.63) is 35.4 Å². The maximum Gasteiger partial charge on any atom is 0.310 e. The van der Waals surface area contributed by atoms with Crippen LogP contribution in [0.2, 0.25) is 0 Å². The molecule has 1 aromatic rings. The van der Waals surface area contributed by atoms with E-state index in [4.69, 9.17) is 14.6 Å². The smallest absolute Gasteiger partial charge is 0.310 e. The summed E-state index contributed by atoms with van der Waals surface area (Å²) in [5.41, 5.74) is 1.84. The monoisotopic (exact) mass is 266 g/mol. The molecule has 0 bridgehead atoms. The maximum atomic E-state index is 10.9. The van der Waals surface area contributed by atoms with Crippen LogP contribution in [0.3, 0.4) is 0 Å². The highest BCUT2D eigenvalue weighted by Gasteiger charge is 2.13. The molecule has 19 heavy (non-hydrogen) atoms. The van der Waals surface area contributed by atoms with Gasteiger partial charge in [-0.25, -0.2) is 0 Å². The van der Waals surface area contributed by atoms with E-state index in [0.717, 1.165) is 11.1 Å². The van der Waals surface area contributed by atoms with Crippen molar-refractivity contribution in [2.75, 3.05) is 13.2 Å². The highest BCUT2D eigenvalue weighted by Crippen LogP contribution is 2.16. The number of ether oxygens (including phenoxy) is 2. The van der Waals surface area contributed by atoms with Crippen LogP contribution >= 0.6 is 0 Å². The Labute approximate surface area is 114 Å². The summed E-state index contributed by atoms with van der Waals surface area (Å²) in [7, 11) is 0. The lowest BCUT2D eigenvalue weighted by molar-refractivity contribution is -0.138. The van der Waals surface area contributed by atoms with Gasteiger partial charge in [-0.15, -0.1) is 0 Å². The van der Waals surface area contributed by atoms with Crippen LogP contribution in [0, 0.1) is 0 Å². The Morgan fingerprint density at radius 1 is 1.26 bits per heavy atom. The Bertz CT molecular complexity index is 386. The molecule has 0 aliphatic heterocycles. The largest absolute Gasteiger partial charge is 0.481 e. The fourth-order valence-electron chi connectivity index (χ4n) is 1.62. The van der Waals surface area contributed by atoms with Crippen molar-refractivity contribution in [2.45, 2.75) is 39.4 Å². The van der Waals surface area contributed by atoms with Gasteiger partial charge in [0, 0.05) is 6.61 Å². The molecule has 4 heteroatoms. The number of benzene rings is 1. The Kier molecular flexibility index (Phi) is 6.53. The average molecular weight is 266 g/mol. The van der Waals surface area contributed by atoms with Gasteiger partial charge < -0.3 is 14.6 Å². The van der Waals surface area contributed by atoms with Crippen molar-refractivity contribution in [1.29, 1.82) is 0 Å². The molecule has 2 atom stereocenters. The second-order valence-corrected chi connectivity index (χ2v) is 4.58. The molecule has 0 saturated carbocycles. The number of rotatable bonds is 8. The number of carboxylic acid groups (broad SMARTS) is 1. The summed E-state index contributed by atoms with van der Waals surface area (Å²) in [5.74, 6) is -1.29. The van der Waals surface area contributed by atoms with Crippen molar-refractivity contribution in [3.8, 4) is 0 Å². The van der Waals surface area contributed by atoms with E-state index in [1.165, 1.54) is 0 Å². The molecule has 0 amide bonds. The normalized spacial score (nSPS) is 14.1. The molecule has 0 aromatic heterocycles. The van der Waals surface area contributed by atoms with Gasteiger partial charge in [0.15, 0.2) is 0 Å². The van der Waals surface area contributed by atoms with Gasteiger partial charge in [-0.05, 0) is 31.9 Å². The molecule has 4 nitrogen and oxygen atoms in total. The van der Waals surface area contributed by atoms with Crippen molar-refractivity contribution >= 4 is 5.97 Å². The van der Waals surface area contributed by atoms with Crippen LogP contribution in [0.15, 0.2) is 24.3 Å². The quantitative estimate of drug-likeness (QED) is 0.786. The van der Waals surface area contributed by atoms with Crippen molar-refractivity contribution < 1.29 is 19.4 Å². The SMILES string of the molecule is CCOCC(C)OCc1ccc(C(C)C(=O)O)cc1. The predicted octanol–water partition coefficient (Wildman–Crippen LogP) is 2.82. The average Bonchev–Trinajstić information content (AvgIpc) is 2.42. The lowest BCUT2D eigenvalue weighted by Crippen LogP contribution is -2.15. The molecule has 1 N–H and O–H groups in total. The summed E-state index contributed by atoms with van der Waals surface area (Å²) < 4.78 is 10.9. The minimum atomic E-state index is -0.811. The van der Waals surface area contributed by atoms with E-state index in [-0.39, 0.29) is 6.10 Å². The van der Waals surface area contributed by atoms with Crippen LogP contribution in [-0.2, 0) is 20.9 Å². The lowest BCUT2D eigenvalue weighted by Gasteiger charge is -2.13. The fourth-order valence-corrected chi connectivity index (χ4v) is 1.62. The molecule has 0 radical (unpaired) electrons. The van der Waals surface area contributed by atoms with E-state index in [2.05, 4.69) is 0 Å². The first-order valence-corrected chi connectivity index (χ1v) is 6.55. The third kappa shape index (κ3) is 5.41. The van der Waals surface area contributed by atoms with Gasteiger partial charge in [0.05, 0.1) is 25.2 Å². The molecule has 0 saturated heterocycles. The summed E-state index contributed by atoms with van der Waals surface area (Å²) in [4.78, 5) is 10.9. The van der Waals surface area contributed by atoms with Gasteiger partial charge in [0.2, 0.25) is 0 Å². The molecular weight excluding hydrogens is 244 g/mol. The van der Waals surface area contributed by atoms with E-state index in [1.807, 2.05) is 38.1 Å². The molecule has 0 fully saturated rings. The van der Waals surface area contributed by atoms with Crippen LogP contribution in [0.25, 0.3) is 0 Å². The molecule has 0 aliphatic rings. The lowest BCUT2D eigenvalue weighted by atomic mass is 10.0. The first-order valence-electron chi connectivity index (χ1n) is 6.55. The first kappa shape index (κ1) is 15.7. The standard InChI is InChI=1S/C15H22O4/c1-4-18-9-11(2)19-10-13-5-7-14(8-6-13)12(3)15(16)17/h5-8,11-12H,4,9-10H2,1-3H3,(H,16,17). The van der Waals surface area contributed by atoms with Crippen LogP contribution in [0.5, 0.6) is 0 Å². The van der Waals surface area contributed by atoms with Crippen LogP contribution in [0.1, 0.15) is 37.8 Å². The summed E-state index contributed by atoms with van der Waals surface area (Å²) >= 11 is 0. The number of hydrogen-bond acceptors (Lipinski definition) is 3. The molecule has 0 aliphatic carbocycles. The minimum absolute atomic E-state index is 0.0533. The summed E-state index contributed by atoms with van der Waals surface area (Å²) in [6, 6.07) is 7.49. The Hall–Kier alpha value is -1.39. The molecule has 1 rings (SSSR count). The van der Waals surface area contributed by atoms with Gasteiger partial charge >= 0.3 is 5.97 Å². The van der Waals surface area contributed by atoms with E-state index < -0.39 is 11.9 Å². The number of carboxylic acids is 1. The third-order valence-electron chi connectivity index (χ3n) is 2.94. The summed E-state index contributed by atoms with van der Waals surface area (Å²) in [6.45, 7) is 7.39. The predicted molar refractivity (Wildman–Crippen MR) is 73.2 cm³/mol. The van der Waals surface area contributed by atoms with Gasteiger partial charge in [-0.2, -0.15) is 0 Å². The highest BCUT2D eigenvalue weighted by molar-refractivity contribution is 5.75. The first-order chi connectivity index (χ1) is 9.04. The molecule has 2 unspecified atom stereocenters. The van der Waals surface area contributed by atoms with Crippen molar-refractivity contribution in [2.24, 2.45) is 0 Å². The summed E-state index contributed by atoms with van der Waals surface area (Å²) in [5, 5.41) is 8.92. The van der Waals surface area contributed by atoms with Gasteiger partial charge in [-0.3, -0.25) is 4.79 Å². The molecule has 106 valence electrons. The van der Waals surface area contributed by atoms with E-state index in [0.29, 0.717) is 19.8 Å². The minimum Gasteiger partial charge on any atom is -0.481 e. The van der Waals surface area contributed by atoms with Crippen LogP contribution in [0.4, 0.5) is 0 Å². The van der Waals surface area contributed by atoms with E-state index in [9.17, 15) is 4.79 Å². The molecule has 0 spiro atoms. The number of carbonyl (C=O) groups is 1. The Balaban J connectivity index is 2.46. The van der Waals surface area contributed by atoms with Crippen LogP contribution in [-0.4, -0.2) is 30.4 Å². The van der Waals surface area contributed by atoms with Crippen molar-refractivity contribution in [1.82, 2.24) is 0 Å². The molecule has 1 aromatic carbocycles. The molecule has 0 heterocycles. The second-order valence-electron chi connectivity index (χ2n) is 4.58. The van der Waals surface area contributed by atoms with Gasteiger partial charge in [0.1, 0.15) is 0 Å². The zero-order valence-electron chi connectivity index (χ0n) is 11.8. The molecular formula is C15H22O4. The number of hydrogen-bond donors (Lipinski definition) is 1. The highest BCUT2D eigenvalue weighted by atomic mass is 16.5. The zero-order chi connectivity index (χ0) is 14.3.